The number of allylic oxidation sites excluding steroid dienone is 1. The maximum Gasteiger partial charge on any atom is 0.460 e. The van der Waals surface area contributed by atoms with Crippen molar-refractivity contribution >= 4 is 11.5 Å². The highest BCUT2D eigenvalue weighted by Gasteiger charge is 2.76. The van der Waals surface area contributed by atoms with E-state index in [1.807, 2.05) is 0 Å². The van der Waals surface area contributed by atoms with Crippen LogP contribution in [0.5, 0.6) is 0 Å². The van der Waals surface area contributed by atoms with Gasteiger partial charge in [0.15, 0.2) is 0 Å². The third-order valence-corrected chi connectivity index (χ3v) is 2.80. The molecule has 0 heterocycles. The van der Waals surface area contributed by atoms with Crippen LogP contribution in [-0.2, 0) is 4.79 Å². The summed E-state index contributed by atoms with van der Waals surface area (Å²) in [6, 6.07) is 3.89. The fraction of sp³-hybridized carbons (Fsp3) is 0.231. The molecule has 0 aliphatic carbocycles. The van der Waals surface area contributed by atoms with Crippen LogP contribution in [0.4, 0.5) is 35.1 Å². The van der Waals surface area contributed by atoms with E-state index in [2.05, 4.69) is 0 Å². The van der Waals surface area contributed by atoms with Gasteiger partial charge in [-0.2, -0.15) is 36.0 Å². The Balaban J connectivity index is 3.45. The summed E-state index contributed by atoms with van der Waals surface area (Å²) in [6.45, 7) is 0. The number of benzene rings is 1. The molecule has 130 valence electrons. The molecule has 0 unspecified atom stereocenters. The highest BCUT2D eigenvalue weighted by atomic mass is 19.4. The Morgan fingerprint density at radius 2 is 1.46 bits per heavy atom. The van der Waals surface area contributed by atoms with Crippen LogP contribution in [0.1, 0.15) is 5.56 Å². The molecule has 0 saturated heterocycles. The number of carbonyl (C=O) groups is 1. The number of rotatable bonds is 4. The summed E-state index contributed by atoms with van der Waals surface area (Å²) in [5.74, 6) is -16.9. The van der Waals surface area contributed by atoms with Gasteiger partial charge in [0, 0.05) is 0 Å². The minimum absolute atomic E-state index is 0.396. The van der Waals surface area contributed by atoms with E-state index in [1.165, 1.54) is 0 Å². The Morgan fingerprint density at radius 3 is 1.83 bits per heavy atom. The van der Waals surface area contributed by atoms with E-state index in [9.17, 15) is 39.9 Å². The molecule has 1 aromatic rings. The van der Waals surface area contributed by atoms with E-state index in [1.54, 1.807) is 0 Å². The molecule has 0 fully saturated rings. The molecule has 0 aliphatic rings. The number of ketones is 1. The summed E-state index contributed by atoms with van der Waals surface area (Å²) >= 11 is 0. The monoisotopic (exact) mass is 358 g/mol. The van der Waals surface area contributed by atoms with Crippen LogP contribution < -0.4 is 5.73 Å². The van der Waals surface area contributed by atoms with Gasteiger partial charge in [0.25, 0.3) is 5.78 Å². The summed E-state index contributed by atoms with van der Waals surface area (Å²) in [7, 11) is 0. The molecule has 0 bridgehead atoms. The molecular formula is C13H6F8N2O. The lowest BCUT2D eigenvalue weighted by Crippen LogP contribution is -2.56. The van der Waals surface area contributed by atoms with Gasteiger partial charge >= 0.3 is 18.0 Å². The number of hydrogen-bond acceptors (Lipinski definition) is 3. The van der Waals surface area contributed by atoms with Crippen LogP contribution in [-0.4, -0.2) is 23.8 Å². The quantitative estimate of drug-likeness (QED) is 0.510. The van der Waals surface area contributed by atoms with Gasteiger partial charge in [-0.25, -0.2) is 4.39 Å². The van der Waals surface area contributed by atoms with Gasteiger partial charge in [-0.1, -0.05) is 0 Å². The van der Waals surface area contributed by atoms with Crippen LogP contribution in [0, 0.1) is 17.1 Å². The van der Waals surface area contributed by atoms with E-state index in [4.69, 9.17) is 11.0 Å². The summed E-state index contributed by atoms with van der Waals surface area (Å²) < 4.78 is 101. The third kappa shape index (κ3) is 3.17. The van der Waals surface area contributed by atoms with Gasteiger partial charge in [-0.05, 0) is 29.8 Å². The van der Waals surface area contributed by atoms with Crippen molar-refractivity contribution in [2.75, 3.05) is 0 Å². The first-order valence-corrected chi connectivity index (χ1v) is 5.80. The topological polar surface area (TPSA) is 66.9 Å². The molecule has 1 rings (SSSR count). The number of alkyl halides is 7. The Hall–Kier alpha value is -2.64. The molecule has 0 aromatic heterocycles. The Labute approximate surface area is 129 Å². The average Bonchev–Trinajstić information content (AvgIpc) is 2.47. The van der Waals surface area contributed by atoms with E-state index in [-0.39, 0.29) is 0 Å². The summed E-state index contributed by atoms with van der Waals surface area (Å²) in [5, 5.41) is 8.67. The minimum atomic E-state index is -6.74. The molecule has 2 N–H and O–H groups in total. The van der Waals surface area contributed by atoms with Crippen LogP contribution in [0.25, 0.3) is 5.70 Å². The SMILES string of the molecule is N#C/C(C(=O)C(F)(F)C(F)(F)C(F)(F)F)=C(/N)c1ccc(F)cc1. The number of nitrogens with two attached hydrogens (primary N) is 1. The molecule has 11 heteroatoms. The first-order valence-electron chi connectivity index (χ1n) is 5.80. The summed E-state index contributed by atoms with van der Waals surface area (Å²) in [5.41, 5.74) is 1.90. The molecule has 0 radical (unpaired) electrons. The van der Waals surface area contributed by atoms with Gasteiger partial charge in [0.1, 0.15) is 17.5 Å². The normalized spacial score (nSPS) is 14.0. The highest BCUT2D eigenvalue weighted by molar-refractivity contribution is 6.10. The molecule has 3 nitrogen and oxygen atoms in total. The zero-order valence-electron chi connectivity index (χ0n) is 11.3. The van der Waals surface area contributed by atoms with Crippen LogP contribution in [0.15, 0.2) is 29.8 Å². The van der Waals surface area contributed by atoms with Gasteiger partial charge in [0.2, 0.25) is 0 Å². The zero-order chi connectivity index (χ0) is 18.9. The van der Waals surface area contributed by atoms with Crippen molar-refractivity contribution in [2.24, 2.45) is 5.73 Å². The van der Waals surface area contributed by atoms with Crippen molar-refractivity contribution < 1.29 is 39.9 Å². The number of hydrogen-bond donors (Lipinski definition) is 1. The molecule has 24 heavy (non-hydrogen) atoms. The minimum Gasteiger partial charge on any atom is -0.397 e. The first-order chi connectivity index (χ1) is 10.8. The Bertz CT molecular complexity index is 713. The van der Waals surface area contributed by atoms with E-state index >= 15 is 0 Å². The van der Waals surface area contributed by atoms with Gasteiger partial charge in [-0.3, -0.25) is 4.79 Å². The van der Waals surface area contributed by atoms with E-state index in [0.29, 0.717) is 0 Å². The Morgan fingerprint density at radius 1 is 1.00 bits per heavy atom. The molecule has 0 atom stereocenters. The van der Waals surface area contributed by atoms with Gasteiger partial charge in [-0.15, -0.1) is 0 Å². The standard InChI is InChI=1S/C13H6F8N2O/c14-7-3-1-6(2-4-7)9(23)8(5-22)10(24)11(15,16)12(17,18)13(19,20)21/h1-4H,23H2/b9-8-. The van der Waals surface area contributed by atoms with Crippen LogP contribution in [0.2, 0.25) is 0 Å². The van der Waals surface area contributed by atoms with Crippen molar-refractivity contribution in [3.05, 3.63) is 41.2 Å². The van der Waals surface area contributed by atoms with Crippen molar-refractivity contribution in [1.29, 1.82) is 5.26 Å². The van der Waals surface area contributed by atoms with E-state index in [0.717, 1.165) is 30.3 Å². The molecule has 1 aromatic carbocycles. The third-order valence-electron chi connectivity index (χ3n) is 2.80. The highest BCUT2D eigenvalue weighted by Crippen LogP contribution is 2.47. The lowest BCUT2D eigenvalue weighted by atomic mass is 9.97. The van der Waals surface area contributed by atoms with Gasteiger partial charge < -0.3 is 5.73 Å². The number of halogens is 8. The van der Waals surface area contributed by atoms with E-state index < -0.39 is 46.5 Å². The number of carbonyl (C=O) groups excluding carboxylic acids is 1. The molecule has 0 amide bonds. The molecule has 0 aliphatic heterocycles. The van der Waals surface area contributed by atoms with Gasteiger partial charge in [0.05, 0.1) is 5.70 Å². The Kier molecular flexibility index (Phi) is 4.94. The van der Waals surface area contributed by atoms with Crippen molar-refractivity contribution in [2.45, 2.75) is 18.0 Å². The molecule has 0 spiro atoms. The van der Waals surface area contributed by atoms with Crippen molar-refractivity contribution in [3.8, 4) is 6.07 Å². The summed E-state index contributed by atoms with van der Waals surface area (Å²) in [6.07, 6.45) is -6.74. The zero-order valence-corrected chi connectivity index (χ0v) is 11.3. The smallest absolute Gasteiger partial charge is 0.397 e. The maximum absolute atomic E-state index is 13.3. The van der Waals surface area contributed by atoms with Crippen LogP contribution in [0.3, 0.4) is 0 Å². The maximum atomic E-state index is 13.3. The fourth-order valence-electron chi connectivity index (χ4n) is 1.48. The first kappa shape index (κ1) is 19.4. The summed E-state index contributed by atoms with van der Waals surface area (Å²) in [4.78, 5) is 11.4. The second-order valence-corrected chi connectivity index (χ2v) is 4.38. The van der Waals surface area contributed by atoms with Crippen molar-refractivity contribution in [3.63, 3.8) is 0 Å². The lowest BCUT2D eigenvalue weighted by molar-refractivity contribution is -0.342. The molecule has 0 saturated carbocycles. The average molecular weight is 358 g/mol. The second-order valence-electron chi connectivity index (χ2n) is 4.38. The lowest BCUT2D eigenvalue weighted by Gasteiger charge is -2.26. The van der Waals surface area contributed by atoms with Crippen LogP contribution >= 0.6 is 0 Å². The second kappa shape index (κ2) is 6.10. The largest absolute Gasteiger partial charge is 0.460 e. The molecular weight excluding hydrogens is 352 g/mol. The number of nitriles is 1. The van der Waals surface area contributed by atoms with Crippen molar-refractivity contribution in [1.82, 2.24) is 0 Å². The predicted octanol–water partition coefficient (Wildman–Crippen LogP) is 3.42. The number of nitrogens with zero attached hydrogens (tertiary/aromatic N) is 1. The number of Topliss-reactive ketones (excluding diaryl/α,β-unsaturated/α-hetero) is 1. The fourth-order valence-corrected chi connectivity index (χ4v) is 1.48. The predicted molar refractivity (Wildman–Crippen MR) is 64.1 cm³/mol.